The number of rotatable bonds is 2. The summed E-state index contributed by atoms with van der Waals surface area (Å²) in [6.45, 7) is 14.1. The van der Waals surface area contributed by atoms with E-state index in [1.807, 2.05) is 6.92 Å². The molecule has 1 saturated carbocycles. The third-order valence-electron chi connectivity index (χ3n) is 3.25. The van der Waals surface area contributed by atoms with Crippen molar-refractivity contribution in [2.45, 2.75) is 39.2 Å². The van der Waals surface area contributed by atoms with Crippen molar-refractivity contribution in [3.8, 4) is 0 Å². The van der Waals surface area contributed by atoms with Gasteiger partial charge in [0.25, 0.3) is 0 Å². The Bertz CT molecular complexity index is 242. The molecule has 13 heavy (non-hydrogen) atoms. The first-order chi connectivity index (χ1) is 5.87. The van der Waals surface area contributed by atoms with E-state index in [1.165, 1.54) is 0 Å². The highest BCUT2D eigenvalue weighted by Crippen LogP contribution is 2.45. The molecule has 0 amide bonds. The Morgan fingerprint density at radius 1 is 1.62 bits per heavy atom. The van der Waals surface area contributed by atoms with Crippen molar-refractivity contribution in [1.82, 2.24) is 0 Å². The summed E-state index contributed by atoms with van der Waals surface area (Å²) in [6.07, 6.45) is 1.50. The monoisotopic (exact) mass is 180 g/mol. The predicted octanol–water partition coefficient (Wildman–Crippen LogP) is 2.92. The molecule has 74 valence electrons. The maximum atomic E-state index is 10.3. The molecule has 0 aromatic carbocycles. The van der Waals surface area contributed by atoms with Crippen LogP contribution in [-0.2, 0) is 0 Å². The summed E-state index contributed by atoms with van der Waals surface area (Å²) >= 11 is 0. The number of aliphatic hydroxyl groups is 1. The second kappa shape index (κ2) is 3.30. The molecule has 0 unspecified atom stereocenters. The van der Waals surface area contributed by atoms with E-state index >= 15 is 0 Å². The van der Waals surface area contributed by atoms with E-state index in [9.17, 15) is 5.11 Å². The van der Waals surface area contributed by atoms with Crippen LogP contribution in [0, 0.1) is 11.8 Å². The zero-order valence-corrected chi connectivity index (χ0v) is 8.93. The van der Waals surface area contributed by atoms with Crippen molar-refractivity contribution in [3.05, 3.63) is 24.3 Å². The van der Waals surface area contributed by atoms with Crippen LogP contribution >= 0.6 is 0 Å². The van der Waals surface area contributed by atoms with Gasteiger partial charge in [-0.3, -0.25) is 0 Å². The SMILES string of the molecule is C=C(C)C[C@@]1(O)C[C@H](C)[C@H](C)C1=C. The van der Waals surface area contributed by atoms with E-state index in [0.717, 1.165) is 17.6 Å². The molecule has 1 nitrogen and oxygen atoms in total. The van der Waals surface area contributed by atoms with Crippen LogP contribution in [0.25, 0.3) is 0 Å². The summed E-state index contributed by atoms with van der Waals surface area (Å²) in [5.41, 5.74) is 1.35. The molecular formula is C12H20O. The normalized spacial score (nSPS) is 39.5. The van der Waals surface area contributed by atoms with Crippen molar-refractivity contribution in [3.63, 3.8) is 0 Å². The molecule has 0 bridgehead atoms. The van der Waals surface area contributed by atoms with E-state index < -0.39 is 5.60 Å². The van der Waals surface area contributed by atoms with Crippen LogP contribution in [0.4, 0.5) is 0 Å². The summed E-state index contributed by atoms with van der Waals surface area (Å²) in [4.78, 5) is 0. The molecular weight excluding hydrogens is 160 g/mol. The lowest BCUT2D eigenvalue weighted by atomic mass is 9.89. The Kier molecular flexibility index (Phi) is 2.67. The average Bonchev–Trinajstić information content (AvgIpc) is 2.14. The van der Waals surface area contributed by atoms with Crippen molar-refractivity contribution in [2.24, 2.45) is 11.8 Å². The first-order valence-corrected chi connectivity index (χ1v) is 4.93. The van der Waals surface area contributed by atoms with E-state index in [2.05, 4.69) is 27.0 Å². The van der Waals surface area contributed by atoms with Crippen molar-refractivity contribution in [2.75, 3.05) is 0 Å². The fourth-order valence-corrected chi connectivity index (χ4v) is 2.29. The van der Waals surface area contributed by atoms with Gasteiger partial charge in [0.15, 0.2) is 0 Å². The summed E-state index contributed by atoms with van der Waals surface area (Å²) in [7, 11) is 0. The smallest absolute Gasteiger partial charge is 0.0896 e. The van der Waals surface area contributed by atoms with Gasteiger partial charge in [-0.1, -0.05) is 26.0 Å². The van der Waals surface area contributed by atoms with Gasteiger partial charge in [-0.2, -0.15) is 0 Å². The van der Waals surface area contributed by atoms with Crippen LogP contribution < -0.4 is 0 Å². The predicted molar refractivity (Wildman–Crippen MR) is 56.5 cm³/mol. The molecule has 0 radical (unpaired) electrons. The van der Waals surface area contributed by atoms with Crippen LogP contribution in [-0.4, -0.2) is 10.7 Å². The molecule has 0 aliphatic heterocycles. The first kappa shape index (κ1) is 10.5. The zero-order valence-electron chi connectivity index (χ0n) is 8.93. The van der Waals surface area contributed by atoms with Crippen LogP contribution in [0.15, 0.2) is 24.3 Å². The van der Waals surface area contributed by atoms with E-state index in [4.69, 9.17) is 0 Å². The lowest BCUT2D eigenvalue weighted by Crippen LogP contribution is -2.27. The number of hydrogen-bond donors (Lipinski definition) is 1. The van der Waals surface area contributed by atoms with Gasteiger partial charge in [-0.25, -0.2) is 0 Å². The van der Waals surface area contributed by atoms with Crippen molar-refractivity contribution < 1.29 is 5.11 Å². The van der Waals surface area contributed by atoms with Gasteiger partial charge in [0.05, 0.1) is 5.60 Å². The maximum Gasteiger partial charge on any atom is 0.0896 e. The minimum atomic E-state index is -0.676. The van der Waals surface area contributed by atoms with E-state index in [1.54, 1.807) is 0 Å². The maximum absolute atomic E-state index is 10.3. The molecule has 0 heterocycles. The minimum absolute atomic E-state index is 0.435. The van der Waals surface area contributed by atoms with Gasteiger partial charge in [0, 0.05) is 6.42 Å². The molecule has 1 heteroatoms. The molecule has 1 aliphatic rings. The Hall–Kier alpha value is -0.560. The largest absolute Gasteiger partial charge is 0.385 e. The summed E-state index contributed by atoms with van der Waals surface area (Å²) in [5.74, 6) is 0.973. The Morgan fingerprint density at radius 3 is 2.46 bits per heavy atom. The fourth-order valence-electron chi connectivity index (χ4n) is 2.29. The lowest BCUT2D eigenvalue weighted by Gasteiger charge is -2.25. The molecule has 0 aromatic heterocycles. The van der Waals surface area contributed by atoms with Crippen LogP contribution in [0.3, 0.4) is 0 Å². The summed E-state index contributed by atoms with van der Waals surface area (Å²) in [5, 5.41) is 10.3. The molecule has 0 spiro atoms. The first-order valence-electron chi connectivity index (χ1n) is 4.93. The summed E-state index contributed by atoms with van der Waals surface area (Å²) in [6, 6.07) is 0. The molecule has 0 aromatic rings. The van der Waals surface area contributed by atoms with Crippen LogP contribution in [0.2, 0.25) is 0 Å². The molecule has 0 saturated heterocycles. The standard InChI is InChI=1S/C12H20O/c1-8(2)6-12(13)7-9(3)10(4)11(12)5/h9-10,13H,1,5-7H2,2-4H3/t9-,10-,12+/m0/s1. The van der Waals surface area contributed by atoms with Gasteiger partial charge in [-0.05, 0) is 30.8 Å². The van der Waals surface area contributed by atoms with Crippen LogP contribution in [0.5, 0.6) is 0 Å². The highest BCUT2D eigenvalue weighted by Gasteiger charge is 2.43. The molecule has 1 fully saturated rings. The Balaban J connectivity index is 2.81. The van der Waals surface area contributed by atoms with Crippen molar-refractivity contribution in [1.29, 1.82) is 0 Å². The van der Waals surface area contributed by atoms with Gasteiger partial charge < -0.3 is 5.11 Å². The fraction of sp³-hybridized carbons (Fsp3) is 0.667. The Morgan fingerprint density at radius 2 is 2.15 bits per heavy atom. The summed E-state index contributed by atoms with van der Waals surface area (Å²) < 4.78 is 0. The van der Waals surface area contributed by atoms with Gasteiger partial charge >= 0.3 is 0 Å². The minimum Gasteiger partial charge on any atom is -0.385 e. The van der Waals surface area contributed by atoms with Gasteiger partial charge in [0.1, 0.15) is 0 Å². The highest BCUT2D eigenvalue weighted by atomic mass is 16.3. The second-order valence-electron chi connectivity index (χ2n) is 4.66. The van der Waals surface area contributed by atoms with Crippen molar-refractivity contribution >= 4 is 0 Å². The lowest BCUT2D eigenvalue weighted by molar-refractivity contribution is 0.0798. The second-order valence-corrected chi connectivity index (χ2v) is 4.66. The third-order valence-corrected chi connectivity index (χ3v) is 3.25. The average molecular weight is 180 g/mol. The molecule has 1 aliphatic carbocycles. The van der Waals surface area contributed by atoms with Gasteiger partial charge in [-0.15, -0.1) is 6.58 Å². The molecule has 1 N–H and O–H groups in total. The highest BCUT2D eigenvalue weighted by molar-refractivity contribution is 5.25. The topological polar surface area (TPSA) is 20.2 Å². The van der Waals surface area contributed by atoms with E-state index in [0.29, 0.717) is 18.3 Å². The Labute approximate surface area is 81.2 Å². The quantitative estimate of drug-likeness (QED) is 0.648. The van der Waals surface area contributed by atoms with E-state index in [-0.39, 0.29) is 0 Å². The zero-order chi connectivity index (χ0) is 10.2. The number of hydrogen-bond acceptors (Lipinski definition) is 1. The third kappa shape index (κ3) is 1.86. The van der Waals surface area contributed by atoms with Crippen LogP contribution in [0.1, 0.15) is 33.6 Å². The van der Waals surface area contributed by atoms with Gasteiger partial charge in [0.2, 0.25) is 0 Å². The molecule has 1 rings (SSSR count). The molecule has 3 atom stereocenters.